The molecule has 1 aromatic heterocycles. The first-order chi connectivity index (χ1) is 10.9. The maximum Gasteiger partial charge on any atom is 0.303 e. The summed E-state index contributed by atoms with van der Waals surface area (Å²) in [5.41, 5.74) is 1.18. The molecule has 0 spiro atoms. The SMILES string of the molecule is N#Cc1ccc(NS(=O)(=O)c2ccc(CCC(=O)O)cc2)cn1. The molecule has 0 unspecified atom stereocenters. The third kappa shape index (κ3) is 4.52. The second kappa shape index (κ2) is 6.89. The van der Waals surface area contributed by atoms with Gasteiger partial charge in [0.1, 0.15) is 11.8 Å². The quantitative estimate of drug-likeness (QED) is 0.832. The highest BCUT2D eigenvalue weighted by molar-refractivity contribution is 7.92. The first kappa shape index (κ1) is 16.5. The number of aliphatic carboxylic acids is 1. The van der Waals surface area contributed by atoms with Gasteiger partial charge in [0.25, 0.3) is 10.0 Å². The summed E-state index contributed by atoms with van der Waals surface area (Å²) in [6.07, 6.45) is 1.58. The molecule has 118 valence electrons. The fourth-order valence-electron chi connectivity index (χ4n) is 1.82. The molecule has 1 heterocycles. The summed E-state index contributed by atoms with van der Waals surface area (Å²) in [4.78, 5) is 14.4. The van der Waals surface area contributed by atoms with E-state index in [2.05, 4.69) is 9.71 Å². The van der Waals surface area contributed by atoms with E-state index in [9.17, 15) is 13.2 Å². The van der Waals surface area contributed by atoms with E-state index in [0.29, 0.717) is 6.42 Å². The average Bonchev–Trinajstić information content (AvgIpc) is 2.53. The number of pyridine rings is 1. The van der Waals surface area contributed by atoms with Gasteiger partial charge in [-0.15, -0.1) is 0 Å². The molecule has 0 fully saturated rings. The van der Waals surface area contributed by atoms with Crippen LogP contribution in [0.2, 0.25) is 0 Å². The Morgan fingerprint density at radius 2 is 1.91 bits per heavy atom. The largest absolute Gasteiger partial charge is 0.481 e. The fourth-order valence-corrected chi connectivity index (χ4v) is 2.86. The Labute approximate surface area is 133 Å². The van der Waals surface area contributed by atoms with Crippen molar-refractivity contribution >= 4 is 21.7 Å². The van der Waals surface area contributed by atoms with Gasteiger partial charge in [-0.2, -0.15) is 5.26 Å². The second-order valence-corrected chi connectivity index (χ2v) is 6.37. The van der Waals surface area contributed by atoms with E-state index in [1.54, 1.807) is 12.1 Å². The summed E-state index contributed by atoms with van der Waals surface area (Å²) in [5.74, 6) is -0.906. The zero-order valence-corrected chi connectivity index (χ0v) is 12.7. The first-order valence-corrected chi connectivity index (χ1v) is 8.09. The maximum absolute atomic E-state index is 12.2. The number of anilines is 1. The summed E-state index contributed by atoms with van der Waals surface area (Å²) in [7, 11) is -3.77. The van der Waals surface area contributed by atoms with Crippen LogP contribution in [0.15, 0.2) is 47.5 Å². The van der Waals surface area contributed by atoms with E-state index in [4.69, 9.17) is 10.4 Å². The van der Waals surface area contributed by atoms with Gasteiger partial charge in [0.15, 0.2) is 0 Å². The van der Waals surface area contributed by atoms with Crippen molar-refractivity contribution < 1.29 is 18.3 Å². The highest BCUT2D eigenvalue weighted by Crippen LogP contribution is 2.16. The van der Waals surface area contributed by atoms with E-state index in [1.807, 2.05) is 6.07 Å². The van der Waals surface area contributed by atoms with Crippen molar-refractivity contribution in [3.63, 3.8) is 0 Å². The van der Waals surface area contributed by atoms with Gasteiger partial charge in [0.2, 0.25) is 0 Å². The van der Waals surface area contributed by atoms with Gasteiger partial charge < -0.3 is 5.11 Å². The van der Waals surface area contributed by atoms with Gasteiger partial charge in [-0.05, 0) is 36.2 Å². The predicted molar refractivity (Wildman–Crippen MR) is 82.2 cm³/mol. The van der Waals surface area contributed by atoms with Crippen molar-refractivity contribution in [2.45, 2.75) is 17.7 Å². The molecule has 0 amide bonds. The Kier molecular flexibility index (Phi) is 4.93. The minimum absolute atomic E-state index is 0.0126. The molecule has 0 aliphatic rings. The highest BCUT2D eigenvalue weighted by atomic mass is 32.2. The van der Waals surface area contributed by atoms with Crippen LogP contribution in [-0.4, -0.2) is 24.5 Å². The summed E-state index contributed by atoms with van der Waals surface area (Å²) >= 11 is 0. The van der Waals surface area contributed by atoms with Crippen molar-refractivity contribution in [3.05, 3.63) is 53.9 Å². The first-order valence-electron chi connectivity index (χ1n) is 6.60. The number of nitriles is 1. The molecule has 0 saturated heterocycles. The van der Waals surface area contributed by atoms with Crippen molar-refractivity contribution in [2.24, 2.45) is 0 Å². The molecule has 7 nitrogen and oxygen atoms in total. The monoisotopic (exact) mass is 331 g/mol. The van der Waals surface area contributed by atoms with Crippen LogP contribution in [0, 0.1) is 11.3 Å². The topological polar surface area (TPSA) is 120 Å². The molecule has 1 aromatic carbocycles. The lowest BCUT2D eigenvalue weighted by atomic mass is 10.1. The predicted octanol–water partition coefficient (Wildman–Crippen LogP) is 1.77. The Bertz CT molecular complexity index is 838. The molecule has 0 radical (unpaired) electrons. The third-order valence-corrected chi connectivity index (χ3v) is 4.39. The van der Waals surface area contributed by atoms with Crippen LogP contribution in [0.3, 0.4) is 0 Å². The number of benzene rings is 1. The van der Waals surface area contributed by atoms with Crippen molar-refractivity contribution in [3.8, 4) is 6.07 Å². The van der Waals surface area contributed by atoms with E-state index >= 15 is 0 Å². The molecule has 2 N–H and O–H groups in total. The Balaban J connectivity index is 2.12. The number of rotatable bonds is 6. The standard InChI is InChI=1S/C15H13N3O4S/c16-9-12-4-5-13(10-17-12)18-23(21,22)14-6-1-11(2-7-14)3-8-15(19)20/h1-2,4-7,10,18H,3,8H2,(H,19,20). The fraction of sp³-hybridized carbons (Fsp3) is 0.133. The molecule has 8 heteroatoms. The molecule has 2 aromatic rings. The number of carbonyl (C=O) groups is 1. The number of hydrogen-bond donors (Lipinski definition) is 2. The normalized spacial score (nSPS) is 10.7. The molecule has 0 bridgehead atoms. The number of sulfonamides is 1. The van der Waals surface area contributed by atoms with Crippen LogP contribution < -0.4 is 4.72 Å². The zero-order valence-electron chi connectivity index (χ0n) is 11.9. The van der Waals surface area contributed by atoms with E-state index in [0.717, 1.165) is 5.56 Å². The van der Waals surface area contributed by atoms with Gasteiger partial charge in [0.05, 0.1) is 16.8 Å². The second-order valence-electron chi connectivity index (χ2n) is 4.69. The van der Waals surface area contributed by atoms with Crippen LogP contribution in [0.4, 0.5) is 5.69 Å². The minimum Gasteiger partial charge on any atom is -0.481 e. The summed E-state index contributed by atoms with van der Waals surface area (Å²) < 4.78 is 26.8. The molecular formula is C15H13N3O4S. The van der Waals surface area contributed by atoms with Crippen LogP contribution in [-0.2, 0) is 21.2 Å². The van der Waals surface area contributed by atoms with Crippen molar-refractivity contribution in [1.82, 2.24) is 4.98 Å². The zero-order chi connectivity index (χ0) is 16.9. The summed E-state index contributed by atoms with van der Waals surface area (Å²) in [5, 5.41) is 17.3. The Hall–Kier alpha value is -2.92. The molecule has 23 heavy (non-hydrogen) atoms. The van der Waals surface area contributed by atoms with E-state index < -0.39 is 16.0 Å². The lowest BCUT2D eigenvalue weighted by molar-refractivity contribution is -0.136. The average molecular weight is 331 g/mol. The molecule has 2 rings (SSSR count). The summed E-state index contributed by atoms with van der Waals surface area (Å²) in [6.45, 7) is 0. The lowest BCUT2D eigenvalue weighted by Crippen LogP contribution is -2.13. The molecular weight excluding hydrogens is 318 g/mol. The Morgan fingerprint density at radius 3 is 2.43 bits per heavy atom. The van der Waals surface area contributed by atoms with Crippen LogP contribution >= 0.6 is 0 Å². The molecule has 0 aliphatic heterocycles. The number of aryl methyl sites for hydroxylation is 1. The van der Waals surface area contributed by atoms with Gasteiger partial charge in [-0.25, -0.2) is 13.4 Å². The molecule has 0 aliphatic carbocycles. The number of nitrogens with zero attached hydrogens (tertiary/aromatic N) is 2. The van der Waals surface area contributed by atoms with E-state index in [1.165, 1.54) is 30.5 Å². The smallest absolute Gasteiger partial charge is 0.303 e. The molecule has 0 atom stereocenters. The van der Waals surface area contributed by atoms with Crippen LogP contribution in [0.5, 0.6) is 0 Å². The number of hydrogen-bond acceptors (Lipinski definition) is 5. The van der Waals surface area contributed by atoms with E-state index in [-0.39, 0.29) is 22.7 Å². The number of carboxylic acid groups (broad SMARTS) is 1. The lowest BCUT2D eigenvalue weighted by Gasteiger charge is -2.08. The van der Waals surface area contributed by atoms with Gasteiger partial charge in [-0.3, -0.25) is 9.52 Å². The number of carboxylic acids is 1. The summed E-state index contributed by atoms with van der Waals surface area (Å²) in [6, 6.07) is 10.7. The van der Waals surface area contributed by atoms with Crippen molar-refractivity contribution in [1.29, 1.82) is 5.26 Å². The molecule has 0 saturated carbocycles. The number of nitrogens with one attached hydrogen (secondary N) is 1. The van der Waals surface area contributed by atoms with Crippen LogP contribution in [0.25, 0.3) is 0 Å². The maximum atomic E-state index is 12.2. The number of aromatic nitrogens is 1. The van der Waals surface area contributed by atoms with Gasteiger partial charge in [0, 0.05) is 6.42 Å². The minimum atomic E-state index is -3.77. The van der Waals surface area contributed by atoms with Gasteiger partial charge in [-0.1, -0.05) is 12.1 Å². The van der Waals surface area contributed by atoms with Crippen LogP contribution in [0.1, 0.15) is 17.7 Å². The highest BCUT2D eigenvalue weighted by Gasteiger charge is 2.14. The van der Waals surface area contributed by atoms with Gasteiger partial charge >= 0.3 is 5.97 Å². The van der Waals surface area contributed by atoms with Crippen molar-refractivity contribution in [2.75, 3.05) is 4.72 Å². The Morgan fingerprint density at radius 1 is 1.22 bits per heavy atom. The third-order valence-electron chi connectivity index (χ3n) is 2.99.